The fraction of sp³-hybridized carbons (Fsp3) is 0.385. The van der Waals surface area contributed by atoms with Gasteiger partial charge in [-0.1, -0.05) is 30.7 Å². The van der Waals surface area contributed by atoms with Crippen LogP contribution in [0.2, 0.25) is 0 Å². The topological polar surface area (TPSA) is 73.2 Å². The molecule has 4 aromatic rings. The first-order chi connectivity index (χ1) is 16.3. The molecule has 7 nitrogen and oxygen atoms in total. The molecule has 0 amide bonds. The van der Waals surface area contributed by atoms with Crippen LogP contribution in [0, 0.1) is 0 Å². The lowest BCUT2D eigenvalue weighted by molar-refractivity contribution is -0.0475. The fourth-order valence-electron chi connectivity index (χ4n) is 4.76. The summed E-state index contributed by atoms with van der Waals surface area (Å²) >= 11 is 0. The van der Waals surface area contributed by atoms with Gasteiger partial charge in [0.2, 0.25) is 0 Å². The van der Waals surface area contributed by atoms with Gasteiger partial charge in [0.25, 0.3) is 0 Å². The smallest absolute Gasteiger partial charge is 0.123 e. The molecule has 1 saturated heterocycles. The lowest BCUT2D eigenvalue weighted by Crippen LogP contribution is -2.45. The molecule has 0 spiro atoms. The van der Waals surface area contributed by atoms with Crippen LogP contribution in [0.4, 0.5) is 0 Å². The quantitative estimate of drug-likeness (QED) is 0.407. The number of hydrogen-bond donors (Lipinski definition) is 2. The van der Waals surface area contributed by atoms with Crippen LogP contribution in [0.25, 0.3) is 16.6 Å². The average Bonchev–Trinajstić information content (AvgIpc) is 3.55. The summed E-state index contributed by atoms with van der Waals surface area (Å²) < 4.78 is 1.94. The SMILES string of the molecule is OCc1ccc(CN(CCCc2c[nH]c3ccc(-n4cnnc4)cc23)N2CCCCC2)cc1. The van der Waals surface area contributed by atoms with Crippen molar-refractivity contribution in [2.45, 2.75) is 45.3 Å². The van der Waals surface area contributed by atoms with E-state index in [0.717, 1.165) is 50.3 Å². The third-order valence-corrected chi connectivity index (χ3v) is 6.63. The van der Waals surface area contributed by atoms with Gasteiger partial charge in [-0.25, -0.2) is 10.0 Å². The number of aliphatic hydroxyl groups excluding tert-OH is 1. The van der Waals surface area contributed by atoms with Crippen molar-refractivity contribution in [3.05, 3.63) is 78.0 Å². The molecule has 1 aliphatic rings. The second-order valence-electron chi connectivity index (χ2n) is 8.89. The summed E-state index contributed by atoms with van der Waals surface area (Å²) in [4.78, 5) is 3.43. The van der Waals surface area contributed by atoms with E-state index in [4.69, 9.17) is 0 Å². The van der Waals surface area contributed by atoms with Crippen LogP contribution in [-0.2, 0) is 19.6 Å². The molecule has 3 heterocycles. The van der Waals surface area contributed by atoms with Crippen molar-refractivity contribution in [3.8, 4) is 5.69 Å². The molecule has 0 unspecified atom stereocenters. The molecular formula is C26H32N6O. The first-order valence-electron chi connectivity index (χ1n) is 11.9. The van der Waals surface area contributed by atoms with Crippen LogP contribution in [-0.4, -0.2) is 54.5 Å². The van der Waals surface area contributed by atoms with E-state index < -0.39 is 0 Å². The van der Waals surface area contributed by atoms with Crippen LogP contribution in [0.3, 0.4) is 0 Å². The minimum absolute atomic E-state index is 0.0970. The molecule has 1 aliphatic heterocycles. The van der Waals surface area contributed by atoms with E-state index in [1.807, 2.05) is 16.7 Å². The number of nitrogens with one attached hydrogen (secondary N) is 1. The number of aliphatic hydroxyl groups is 1. The standard InChI is InChI=1S/C26H32N6O/c33-18-22-8-6-21(7-9-22)17-32(31-12-2-1-3-13-31)14-4-5-23-16-27-26-11-10-24(15-25(23)26)30-19-28-29-20-30/h6-11,15-16,19-20,27,33H,1-5,12-14,17-18H2. The van der Waals surface area contributed by atoms with Gasteiger partial charge in [-0.15, -0.1) is 10.2 Å². The maximum absolute atomic E-state index is 9.34. The van der Waals surface area contributed by atoms with Crippen molar-refractivity contribution in [1.29, 1.82) is 0 Å². The molecule has 2 aromatic heterocycles. The maximum atomic E-state index is 9.34. The largest absolute Gasteiger partial charge is 0.392 e. The molecule has 2 N–H and O–H groups in total. The number of rotatable bonds is 9. The van der Waals surface area contributed by atoms with E-state index in [0.29, 0.717) is 0 Å². The van der Waals surface area contributed by atoms with Gasteiger partial charge in [-0.3, -0.25) is 4.57 Å². The minimum Gasteiger partial charge on any atom is -0.392 e. The van der Waals surface area contributed by atoms with Crippen molar-refractivity contribution in [3.63, 3.8) is 0 Å². The highest BCUT2D eigenvalue weighted by atomic mass is 16.3. The first kappa shape index (κ1) is 21.8. The summed E-state index contributed by atoms with van der Waals surface area (Å²) in [7, 11) is 0. The molecule has 172 valence electrons. The highest BCUT2D eigenvalue weighted by Crippen LogP contribution is 2.23. The Kier molecular flexibility index (Phi) is 6.81. The third kappa shape index (κ3) is 5.16. The number of aryl methyl sites for hydroxylation is 1. The van der Waals surface area contributed by atoms with E-state index >= 15 is 0 Å². The summed E-state index contributed by atoms with van der Waals surface area (Å²) in [5, 5.41) is 23.5. The average molecular weight is 445 g/mol. The Morgan fingerprint density at radius 2 is 1.70 bits per heavy atom. The number of nitrogens with zero attached hydrogens (tertiary/aromatic N) is 5. The highest BCUT2D eigenvalue weighted by Gasteiger charge is 2.18. The zero-order valence-electron chi connectivity index (χ0n) is 19.0. The molecular weight excluding hydrogens is 412 g/mol. The Labute approximate surface area is 194 Å². The van der Waals surface area contributed by atoms with E-state index in [1.54, 1.807) is 12.7 Å². The molecule has 1 fully saturated rings. The second kappa shape index (κ2) is 10.3. The van der Waals surface area contributed by atoms with Gasteiger partial charge in [0, 0.05) is 49.0 Å². The summed E-state index contributed by atoms with van der Waals surface area (Å²) in [6, 6.07) is 14.8. The van der Waals surface area contributed by atoms with Gasteiger partial charge in [0.05, 0.1) is 6.61 Å². The molecule has 0 bridgehead atoms. The third-order valence-electron chi connectivity index (χ3n) is 6.63. The number of benzene rings is 2. The number of hydrazine groups is 1. The van der Waals surface area contributed by atoms with Gasteiger partial charge in [-0.05, 0) is 60.6 Å². The normalized spacial score (nSPS) is 15.0. The van der Waals surface area contributed by atoms with Gasteiger partial charge in [0.15, 0.2) is 0 Å². The van der Waals surface area contributed by atoms with Crippen molar-refractivity contribution in [1.82, 2.24) is 29.8 Å². The van der Waals surface area contributed by atoms with Crippen molar-refractivity contribution >= 4 is 10.9 Å². The molecule has 5 rings (SSSR count). The molecule has 0 aliphatic carbocycles. The second-order valence-corrected chi connectivity index (χ2v) is 8.89. The van der Waals surface area contributed by atoms with Gasteiger partial charge in [0.1, 0.15) is 12.7 Å². The molecule has 2 aromatic carbocycles. The summed E-state index contributed by atoms with van der Waals surface area (Å²) in [6.07, 6.45) is 11.6. The Balaban J connectivity index is 1.27. The van der Waals surface area contributed by atoms with E-state index in [1.165, 1.54) is 41.3 Å². The first-order valence-corrected chi connectivity index (χ1v) is 11.9. The summed E-state index contributed by atoms with van der Waals surface area (Å²) in [5.41, 5.74) is 5.86. The van der Waals surface area contributed by atoms with Crippen LogP contribution in [0.1, 0.15) is 42.4 Å². The summed E-state index contributed by atoms with van der Waals surface area (Å²) in [6.45, 7) is 4.32. The Hall–Kier alpha value is -3.00. The maximum Gasteiger partial charge on any atom is 0.123 e. The Morgan fingerprint density at radius 1 is 0.939 bits per heavy atom. The van der Waals surface area contributed by atoms with Crippen molar-refractivity contribution in [2.24, 2.45) is 0 Å². The van der Waals surface area contributed by atoms with E-state index in [-0.39, 0.29) is 6.61 Å². The highest BCUT2D eigenvalue weighted by molar-refractivity contribution is 5.85. The lowest BCUT2D eigenvalue weighted by atomic mass is 10.1. The van der Waals surface area contributed by atoms with Crippen molar-refractivity contribution < 1.29 is 5.11 Å². The number of aromatic nitrogens is 4. The molecule has 0 saturated carbocycles. The minimum atomic E-state index is 0.0970. The number of aromatic amines is 1. The number of piperidine rings is 1. The Bertz CT molecular complexity index is 1150. The fourth-order valence-corrected chi connectivity index (χ4v) is 4.76. The molecule has 0 radical (unpaired) electrons. The lowest BCUT2D eigenvalue weighted by Gasteiger charge is -2.37. The van der Waals surface area contributed by atoms with Gasteiger partial charge < -0.3 is 10.1 Å². The zero-order chi connectivity index (χ0) is 22.5. The van der Waals surface area contributed by atoms with Gasteiger partial charge >= 0.3 is 0 Å². The Morgan fingerprint density at radius 3 is 2.45 bits per heavy atom. The van der Waals surface area contributed by atoms with Crippen LogP contribution in [0.5, 0.6) is 0 Å². The van der Waals surface area contributed by atoms with Crippen LogP contribution < -0.4 is 0 Å². The number of H-pyrrole nitrogens is 1. The molecule has 0 atom stereocenters. The van der Waals surface area contributed by atoms with Crippen LogP contribution >= 0.6 is 0 Å². The van der Waals surface area contributed by atoms with E-state index in [9.17, 15) is 5.11 Å². The summed E-state index contributed by atoms with van der Waals surface area (Å²) in [5.74, 6) is 0. The van der Waals surface area contributed by atoms with Crippen LogP contribution in [0.15, 0.2) is 61.3 Å². The number of hydrogen-bond acceptors (Lipinski definition) is 5. The molecule has 33 heavy (non-hydrogen) atoms. The number of fused-ring (bicyclic) bond motifs is 1. The van der Waals surface area contributed by atoms with Gasteiger partial charge in [-0.2, -0.15) is 0 Å². The zero-order valence-corrected chi connectivity index (χ0v) is 19.0. The van der Waals surface area contributed by atoms with E-state index in [2.05, 4.69) is 61.7 Å². The predicted molar refractivity (Wildman–Crippen MR) is 130 cm³/mol. The molecule has 7 heteroatoms. The monoisotopic (exact) mass is 444 g/mol. The predicted octanol–water partition coefficient (Wildman–Crippen LogP) is 4.08. The van der Waals surface area contributed by atoms with Crippen molar-refractivity contribution in [2.75, 3.05) is 19.6 Å².